The van der Waals surface area contributed by atoms with Crippen LogP contribution in [0.4, 0.5) is 4.39 Å². The smallest absolute Gasteiger partial charge is 0.126 e. The maximum atomic E-state index is 14.1. The molecule has 2 nitrogen and oxygen atoms in total. The van der Waals surface area contributed by atoms with Crippen LogP contribution in [0, 0.1) is 5.82 Å². The summed E-state index contributed by atoms with van der Waals surface area (Å²) in [5, 5.41) is 3.55. The number of hydrogen-bond acceptors (Lipinski definition) is 2. The van der Waals surface area contributed by atoms with Crippen molar-refractivity contribution in [2.24, 2.45) is 0 Å². The van der Waals surface area contributed by atoms with E-state index in [4.69, 9.17) is 4.74 Å². The summed E-state index contributed by atoms with van der Waals surface area (Å²) in [5.74, 6) is -0.154. The largest absolute Gasteiger partial charge is 0.377 e. The minimum Gasteiger partial charge on any atom is -0.377 e. The fourth-order valence-electron chi connectivity index (χ4n) is 2.86. The summed E-state index contributed by atoms with van der Waals surface area (Å²) < 4.78 is 20.8. The van der Waals surface area contributed by atoms with Crippen LogP contribution < -0.4 is 5.32 Å². The zero-order chi connectivity index (χ0) is 15.9. The third kappa shape index (κ3) is 4.76. The average molecular weight is 360 g/mol. The summed E-state index contributed by atoms with van der Waals surface area (Å²) in [5.41, 5.74) is 0.463. The van der Waals surface area contributed by atoms with Crippen molar-refractivity contribution in [3.63, 3.8) is 0 Å². The quantitative estimate of drug-likeness (QED) is 0.689. The molecule has 0 saturated carbocycles. The minimum atomic E-state index is -0.260. The molecule has 0 amide bonds. The second kappa shape index (κ2) is 8.86. The number of benzene rings is 1. The molecule has 1 aromatic carbocycles. The predicted molar refractivity (Wildman–Crippen MR) is 90.2 cm³/mol. The molecule has 0 aromatic heterocycles. The van der Waals surface area contributed by atoms with Crippen molar-refractivity contribution >= 4 is 15.9 Å². The molecular formula is C17H27BrFNO. The molecule has 0 spiro atoms. The molecule has 1 N–H and O–H groups in total. The first-order chi connectivity index (χ1) is 10.0. The maximum Gasteiger partial charge on any atom is 0.126 e. The van der Waals surface area contributed by atoms with E-state index in [1.807, 2.05) is 6.07 Å². The highest BCUT2D eigenvalue weighted by molar-refractivity contribution is 9.10. The molecule has 0 aliphatic carbocycles. The van der Waals surface area contributed by atoms with Gasteiger partial charge in [0.15, 0.2) is 0 Å². The fourth-order valence-corrected chi connectivity index (χ4v) is 3.26. The lowest BCUT2D eigenvalue weighted by Gasteiger charge is -2.39. The fraction of sp³-hybridized carbons (Fsp3) is 0.647. The van der Waals surface area contributed by atoms with E-state index in [1.54, 1.807) is 13.2 Å². The van der Waals surface area contributed by atoms with Gasteiger partial charge in [-0.25, -0.2) is 4.39 Å². The number of methoxy groups -OCH3 is 1. The van der Waals surface area contributed by atoms with E-state index in [0.29, 0.717) is 6.42 Å². The Morgan fingerprint density at radius 3 is 2.48 bits per heavy atom. The Bertz CT molecular complexity index is 427. The molecular weight excluding hydrogens is 333 g/mol. The van der Waals surface area contributed by atoms with Crippen LogP contribution >= 0.6 is 15.9 Å². The highest BCUT2D eigenvalue weighted by Gasteiger charge is 2.35. The van der Waals surface area contributed by atoms with Gasteiger partial charge in [-0.3, -0.25) is 0 Å². The summed E-state index contributed by atoms with van der Waals surface area (Å²) in [4.78, 5) is 0. The molecule has 0 aliphatic heterocycles. The van der Waals surface area contributed by atoms with Crippen LogP contribution in [0.25, 0.3) is 0 Å². The van der Waals surface area contributed by atoms with E-state index >= 15 is 0 Å². The molecule has 0 bridgehead atoms. The first kappa shape index (κ1) is 18.6. The Labute approximate surface area is 136 Å². The monoisotopic (exact) mass is 359 g/mol. The van der Waals surface area contributed by atoms with Gasteiger partial charge in [0.25, 0.3) is 0 Å². The number of ether oxygens (including phenoxy) is 1. The number of hydrogen-bond donors (Lipinski definition) is 1. The molecule has 1 atom stereocenters. The van der Waals surface area contributed by atoms with E-state index in [-0.39, 0.29) is 17.5 Å². The zero-order valence-corrected chi connectivity index (χ0v) is 15.1. The molecule has 0 radical (unpaired) electrons. The van der Waals surface area contributed by atoms with Crippen LogP contribution in [0.3, 0.4) is 0 Å². The number of nitrogens with one attached hydrogen (secondary N) is 1. The Balaban J connectivity index is 3.04. The third-order valence-corrected chi connectivity index (χ3v) is 4.80. The Morgan fingerprint density at radius 1 is 1.29 bits per heavy atom. The van der Waals surface area contributed by atoms with Crippen LogP contribution in [0.2, 0.25) is 0 Å². The zero-order valence-electron chi connectivity index (χ0n) is 13.5. The van der Waals surface area contributed by atoms with Gasteiger partial charge in [-0.1, -0.05) is 36.7 Å². The van der Waals surface area contributed by atoms with Crippen LogP contribution in [0.1, 0.15) is 45.6 Å². The normalized spacial score (nSPS) is 13.4. The molecule has 21 heavy (non-hydrogen) atoms. The second-order valence-corrected chi connectivity index (χ2v) is 6.34. The molecule has 1 rings (SSSR count). The molecule has 4 heteroatoms. The highest BCUT2D eigenvalue weighted by atomic mass is 79.9. The van der Waals surface area contributed by atoms with Gasteiger partial charge in [-0.15, -0.1) is 0 Å². The topological polar surface area (TPSA) is 21.3 Å². The maximum absolute atomic E-state index is 14.1. The number of rotatable bonds is 9. The predicted octanol–water partition coefficient (Wildman–Crippen LogP) is 4.70. The van der Waals surface area contributed by atoms with Gasteiger partial charge in [-0.2, -0.15) is 0 Å². The van der Waals surface area contributed by atoms with E-state index in [1.165, 1.54) is 6.07 Å². The highest BCUT2D eigenvalue weighted by Crippen LogP contribution is 2.28. The van der Waals surface area contributed by atoms with Crippen molar-refractivity contribution in [1.82, 2.24) is 5.32 Å². The summed E-state index contributed by atoms with van der Waals surface area (Å²) in [6.07, 6.45) is 3.47. The SMILES string of the molecule is CCCNC(Cc1cc(Br)ccc1F)C(CC)(CC)OC. The van der Waals surface area contributed by atoms with Gasteiger partial charge in [0, 0.05) is 17.6 Å². The van der Waals surface area contributed by atoms with Crippen molar-refractivity contribution < 1.29 is 9.13 Å². The lowest BCUT2D eigenvalue weighted by molar-refractivity contribution is -0.0473. The summed E-state index contributed by atoms with van der Waals surface area (Å²) in [6.45, 7) is 7.30. The van der Waals surface area contributed by atoms with Crippen LogP contribution in [-0.4, -0.2) is 25.3 Å². The summed E-state index contributed by atoms with van der Waals surface area (Å²) in [7, 11) is 1.75. The van der Waals surface area contributed by atoms with Gasteiger partial charge in [0.2, 0.25) is 0 Å². The minimum absolute atomic E-state index is 0.0984. The van der Waals surface area contributed by atoms with E-state index in [9.17, 15) is 4.39 Å². The van der Waals surface area contributed by atoms with E-state index < -0.39 is 0 Å². The second-order valence-electron chi connectivity index (χ2n) is 5.42. The van der Waals surface area contributed by atoms with Gasteiger partial charge >= 0.3 is 0 Å². The van der Waals surface area contributed by atoms with Crippen molar-refractivity contribution in [1.29, 1.82) is 0 Å². The summed E-state index contributed by atoms with van der Waals surface area (Å²) in [6, 6.07) is 5.21. The third-order valence-electron chi connectivity index (χ3n) is 4.31. The van der Waals surface area contributed by atoms with Crippen molar-refractivity contribution in [3.05, 3.63) is 34.1 Å². The average Bonchev–Trinajstić information content (AvgIpc) is 2.50. The molecule has 0 heterocycles. The molecule has 0 saturated heterocycles. The van der Waals surface area contributed by atoms with Crippen LogP contribution in [0.5, 0.6) is 0 Å². The van der Waals surface area contributed by atoms with Gasteiger partial charge in [-0.05, 0) is 56.0 Å². The standard InChI is InChI=1S/C17H27BrFNO/c1-5-10-20-16(17(6-2,7-3)21-4)12-13-11-14(18)8-9-15(13)19/h8-9,11,16,20H,5-7,10,12H2,1-4H3. The van der Waals surface area contributed by atoms with Crippen LogP contribution in [0.15, 0.2) is 22.7 Å². The van der Waals surface area contributed by atoms with Gasteiger partial charge in [0.05, 0.1) is 5.60 Å². The lowest BCUT2D eigenvalue weighted by atomic mass is 9.84. The van der Waals surface area contributed by atoms with Crippen molar-refractivity contribution in [2.45, 2.75) is 58.1 Å². The van der Waals surface area contributed by atoms with Gasteiger partial charge in [0.1, 0.15) is 5.82 Å². The Morgan fingerprint density at radius 2 is 1.95 bits per heavy atom. The summed E-state index contributed by atoms with van der Waals surface area (Å²) >= 11 is 3.42. The van der Waals surface area contributed by atoms with Crippen molar-refractivity contribution in [3.8, 4) is 0 Å². The lowest BCUT2D eigenvalue weighted by Crippen LogP contribution is -2.53. The Hall–Kier alpha value is -0.450. The molecule has 0 fully saturated rings. The van der Waals surface area contributed by atoms with Crippen LogP contribution in [-0.2, 0) is 11.2 Å². The molecule has 0 aliphatic rings. The van der Waals surface area contributed by atoms with Gasteiger partial charge < -0.3 is 10.1 Å². The van der Waals surface area contributed by atoms with E-state index in [0.717, 1.165) is 35.8 Å². The number of halogens is 2. The Kier molecular flexibility index (Phi) is 7.85. The first-order valence-electron chi connectivity index (χ1n) is 7.75. The molecule has 1 unspecified atom stereocenters. The molecule has 1 aromatic rings. The molecule has 120 valence electrons. The first-order valence-corrected chi connectivity index (χ1v) is 8.54. The van der Waals surface area contributed by atoms with Crippen molar-refractivity contribution in [2.75, 3.05) is 13.7 Å². The van der Waals surface area contributed by atoms with E-state index in [2.05, 4.69) is 42.0 Å².